The maximum Gasteiger partial charge on any atom is 0.410 e. The molecule has 1 amide bonds. The van der Waals surface area contributed by atoms with Crippen molar-refractivity contribution < 1.29 is 19.1 Å². The number of ether oxygens (including phenoxy) is 2. The summed E-state index contributed by atoms with van der Waals surface area (Å²) >= 11 is 0. The predicted octanol–water partition coefficient (Wildman–Crippen LogP) is 0.671. The summed E-state index contributed by atoms with van der Waals surface area (Å²) < 4.78 is 9.62. The Bertz CT molecular complexity index is 315. The number of nitrogens with two attached hydrogens (primary N) is 1. The van der Waals surface area contributed by atoms with Crippen LogP contribution in [0.2, 0.25) is 0 Å². The van der Waals surface area contributed by atoms with Crippen molar-refractivity contribution in [2.45, 2.75) is 32.5 Å². The number of esters is 1. The summed E-state index contributed by atoms with van der Waals surface area (Å²) in [5.74, 6) is -0.453. The smallest absolute Gasteiger partial charge is 0.410 e. The molecule has 0 spiro atoms. The minimum absolute atomic E-state index is 0.450. The van der Waals surface area contributed by atoms with Crippen molar-refractivity contribution in [2.24, 2.45) is 5.73 Å². The number of hydrogen-bond donors (Lipinski definition) is 2. The Hall–Kier alpha value is -1.56. The molecule has 1 aliphatic rings. The quantitative estimate of drug-likeness (QED) is 0.527. The molecule has 0 aromatic rings. The van der Waals surface area contributed by atoms with Gasteiger partial charge in [-0.15, -0.1) is 0 Å². The monoisotopic (exact) mass is 242 g/mol. The van der Waals surface area contributed by atoms with Gasteiger partial charge in [0, 0.05) is 18.2 Å². The van der Waals surface area contributed by atoms with Crippen molar-refractivity contribution in [2.75, 3.05) is 13.1 Å². The Labute approximate surface area is 100 Å². The number of hydrogen-bond acceptors (Lipinski definition) is 5. The number of alkyl carbamates (subject to hydrolysis) is 1. The molecule has 0 saturated carbocycles. The van der Waals surface area contributed by atoms with Gasteiger partial charge in [0.2, 0.25) is 0 Å². The van der Waals surface area contributed by atoms with Gasteiger partial charge in [0.15, 0.2) is 0 Å². The van der Waals surface area contributed by atoms with Crippen LogP contribution >= 0.6 is 0 Å². The number of amides is 1. The van der Waals surface area contributed by atoms with Gasteiger partial charge in [-0.25, -0.2) is 9.59 Å². The van der Waals surface area contributed by atoms with Crippen molar-refractivity contribution in [3.8, 4) is 0 Å². The predicted molar refractivity (Wildman–Crippen MR) is 61.0 cm³/mol. The van der Waals surface area contributed by atoms with Crippen molar-refractivity contribution in [3.05, 3.63) is 11.6 Å². The van der Waals surface area contributed by atoms with Gasteiger partial charge in [0.05, 0.1) is 0 Å². The second-order valence-corrected chi connectivity index (χ2v) is 3.80. The van der Waals surface area contributed by atoms with Crippen LogP contribution in [0.3, 0.4) is 0 Å². The molecule has 0 aromatic carbocycles. The van der Waals surface area contributed by atoms with Crippen LogP contribution in [-0.2, 0) is 14.3 Å². The molecular weight excluding hydrogens is 224 g/mol. The molecule has 96 valence electrons. The molecule has 3 N–H and O–H groups in total. The first kappa shape index (κ1) is 13.5. The van der Waals surface area contributed by atoms with E-state index >= 15 is 0 Å². The first-order valence-electron chi connectivity index (χ1n) is 5.67. The van der Waals surface area contributed by atoms with Crippen molar-refractivity contribution in [1.82, 2.24) is 5.32 Å². The van der Waals surface area contributed by atoms with Crippen molar-refractivity contribution in [3.63, 3.8) is 0 Å². The van der Waals surface area contributed by atoms with Gasteiger partial charge in [-0.3, -0.25) is 0 Å². The zero-order valence-corrected chi connectivity index (χ0v) is 9.90. The number of carbonyl (C=O) groups is 2. The summed E-state index contributed by atoms with van der Waals surface area (Å²) in [6.45, 7) is 2.80. The number of rotatable bonds is 6. The molecule has 6 nitrogen and oxygen atoms in total. The summed E-state index contributed by atoms with van der Waals surface area (Å²) in [6.07, 6.45) is 2.75. The van der Waals surface area contributed by atoms with Crippen LogP contribution in [-0.4, -0.2) is 31.4 Å². The third kappa shape index (κ3) is 4.86. The summed E-state index contributed by atoms with van der Waals surface area (Å²) in [5, 5.41) is 2.58. The Morgan fingerprint density at radius 2 is 2.29 bits per heavy atom. The van der Waals surface area contributed by atoms with Crippen LogP contribution in [0.5, 0.6) is 0 Å². The van der Waals surface area contributed by atoms with E-state index in [2.05, 4.69) is 5.32 Å². The van der Waals surface area contributed by atoms with Gasteiger partial charge < -0.3 is 20.5 Å². The molecule has 17 heavy (non-hydrogen) atoms. The fourth-order valence-corrected chi connectivity index (χ4v) is 1.35. The molecule has 0 aliphatic carbocycles. The Morgan fingerprint density at radius 1 is 1.53 bits per heavy atom. The molecule has 0 bridgehead atoms. The largest absolute Gasteiger partial charge is 0.418 e. The molecule has 0 aromatic heterocycles. The van der Waals surface area contributed by atoms with E-state index < -0.39 is 18.4 Å². The minimum atomic E-state index is -0.897. The van der Waals surface area contributed by atoms with Gasteiger partial charge in [-0.1, -0.05) is 6.42 Å². The van der Waals surface area contributed by atoms with Crippen LogP contribution in [0, 0.1) is 0 Å². The normalized spacial score (nSPS) is 18.6. The van der Waals surface area contributed by atoms with Crippen LogP contribution in [0.4, 0.5) is 4.79 Å². The average molecular weight is 242 g/mol. The highest BCUT2D eigenvalue weighted by atomic mass is 16.7. The fraction of sp³-hybridized carbons (Fsp3) is 0.636. The van der Waals surface area contributed by atoms with Gasteiger partial charge in [0.1, 0.15) is 0 Å². The lowest BCUT2D eigenvalue weighted by molar-refractivity contribution is -0.151. The molecule has 6 heteroatoms. The van der Waals surface area contributed by atoms with E-state index in [-0.39, 0.29) is 0 Å². The van der Waals surface area contributed by atoms with E-state index in [1.165, 1.54) is 6.08 Å². The van der Waals surface area contributed by atoms with E-state index in [4.69, 9.17) is 15.2 Å². The third-order valence-electron chi connectivity index (χ3n) is 2.30. The maximum atomic E-state index is 11.3. The Morgan fingerprint density at radius 3 is 2.88 bits per heavy atom. The minimum Gasteiger partial charge on any atom is -0.418 e. The molecule has 1 unspecified atom stereocenters. The molecule has 1 rings (SSSR count). The maximum absolute atomic E-state index is 11.3. The van der Waals surface area contributed by atoms with Gasteiger partial charge in [-0.2, -0.15) is 0 Å². The number of carbonyl (C=O) groups excluding carboxylic acids is 2. The summed E-state index contributed by atoms with van der Waals surface area (Å²) in [5.41, 5.74) is 5.79. The zero-order valence-electron chi connectivity index (χ0n) is 9.90. The first-order valence-corrected chi connectivity index (χ1v) is 5.67. The fourth-order valence-electron chi connectivity index (χ4n) is 1.35. The zero-order chi connectivity index (χ0) is 12.7. The van der Waals surface area contributed by atoms with Gasteiger partial charge in [0.25, 0.3) is 6.29 Å². The van der Waals surface area contributed by atoms with E-state index in [0.717, 1.165) is 19.3 Å². The molecule has 1 heterocycles. The second kappa shape index (κ2) is 6.90. The number of unbranched alkanes of at least 4 members (excludes halogenated alkanes) is 2. The van der Waals surface area contributed by atoms with Crippen LogP contribution in [0.1, 0.15) is 26.2 Å². The number of cyclic esters (lactones) is 1. The van der Waals surface area contributed by atoms with Crippen LogP contribution in [0.15, 0.2) is 11.6 Å². The summed E-state index contributed by atoms with van der Waals surface area (Å²) in [6, 6.07) is 0. The van der Waals surface area contributed by atoms with E-state index in [9.17, 15) is 9.59 Å². The highest BCUT2D eigenvalue weighted by molar-refractivity contribution is 5.90. The second-order valence-electron chi connectivity index (χ2n) is 3.80. The van der Waals surface area contributed by atoms with E-state index in [1.54, 1.807) is 6.92 Å². The van der Waals surface area contributed by atoms with Gasteiger partial charge in [-0.05, 0) is 26.3 Å². The Balaban J connectivity index is 2.12. The lowest BCUT2D eigenvalue weighted by atomic mass is 10.2. The highest BCUT2D eigenvalue weighted by Gasteiger charge is 2.24. The van der Waals surface area contributed by atoms with Crippen LogP contribution < -0.4 is 11.1 Å². The Kier molecular flexibility index (Phi) is 5.48. The molecule has 1 aliphatic heterocycles. The van der Waals surface area contributed by atoms with Crippen molar-refractivity contribution in [1.29, 1.82) is 0 Å². The summed E-state index contributed by atoms with van der Waals surface area (Å²) in [7, 11) is 0. The average Bonchev–Trinajstić information content (AvgIpc) is 2.57. The molecule has 0 fully saturated rings. The SMILES string of the molecule is CC1=CC(OC(=O)NCCCCCN)OC1=O. The van der Waals surface area contributed by atoms with E-state index in [0.29, 0.717) is 18.7 Å². The van der Waals surface area contributed by atoms with E-state index in [1.807, 2.05) is 0 Å². The van der Waals surface area contributed by atoms with Crippen LogP contribution in [0.25, 0.3) is 0 Å². The number of nitrogens with one attached hydrogen (secondary N) is 1. The third-order valence-corrected chi connectivity index (χ3v) is 2.30. The van der Waals surface area contributed by atoms with Crippen molar-refractivity contribution >= 4 is 12.1 Å². The lowest BCUT2D eigenvalue weighted by Gasteiger charge is -2.10. The molecular formula is C11H18N2O4. The molecule has 0 radical (unpaired) electrons. The standard InChI is InChI=1S/C11H18N2O4/c1-8-7-9(16-10(8)14)17-11(15)13-6-4-2-3-5-12/h7,9H,2-6,12H2,1H3,(H,13,15). The molecule has 1 atom stereocenters. The lowest BCUT2D eigenvalue weighted by Crippen LogP contribution is -2.29. The van der Waals surface area contributed by atoms with Gasteiger partial charge >= 0.3 is 12.1 Å². The first-order chi connectivity index (χ1) is 8.13. The topological polar surface area (TPSA) is 90.7 Å². The summed E-state index contributed by atoms with van der Waals surface area (Å²) in [4.78, 5) is 22.3. The highest BCUT2D eigenvalue weighted by Crippen LogP contribution is 2.13. The molecule has 0 saturated heterocycles.